The van der Waals surface area contributed by atoms with Crippen molar-refractivity contribution in [3.8, 4) is 22.3 Å². The van der Waals surface area contributed by atoms with E-state index in [0.29, 0.717) is 0 Å². The summed E-state index contributed by atoms with van der Waals surface area (Å²) < 4.78 is 5.03. The first-order valence-corrected chi connectivity index (χ1v) is 13.8. The lowest BCUT2D eigenvalue weighted by Gasteiger charge is -2.11. The Balaban J connectivity index is 1.52. The van der Waals surface area contributed by atoms with Gasteiger partial charge in [0.25, 0.3) is 0 Å². The summed E-state index contributed by atoms with van der Waals surface area (Å²) in [5.41, 5.74) is 8.74. The predicted octanol–water partition coefficient (Wildman–Crippen LogP) is 10.5. The molecule has 0 bridgehead atoms. The number of rotatable bonds is 2. The minimum atomic E-state index is 1.23. The van der Waals surface area contributed by atoms with E-state index in [2.05, 4.69) is 144 Å². The number of aromatic nitrogens is 1. The van der Waals surface area contributed by atoms with Gasteiger partial charge in [0.1, 0.15) is 0 Å². The average Bonchev–Trinajstić information content (AvgIpc) is 3.32. The van der Waals surface area contributed by atoms with Crippen molar-refractivity contribution in [2.75, 3.05) is 0 Å². The Hall–Kier alpha value is -4.66. The zero-order valence-electron chi connectivity index (χ0n) is 20.6. The van der Waals surface area contributed by atoms with Crippen LogP contribution in [0.15, 0.2) is 140 Å². The molecule has 0 aliphatic carbocycles. The van der Waals surface area contributed by atoms with E-state index in [1.807, 2.05) is 11.3 Å². The van der Waals surface area contributed by atoms with Gasteiger partial charge < -0.3 is 4.40 Å². The van der Waals surface area contributed by atoms with Gasteiger partial charge in [0.2, 0.25) is 0 Å². The number of para-hydroxylation sites is 3. The smallest absolute Gasteiger partial charge is 0.0634 e. The van der Waals surface area contributed by atoms with Gasteiger partial charge in [0.15, 0.2) is 0 Å². The Bertz CT molecular complexity index is 2160. The van der Waals surface area contributed by atoms with Gasteiger partial charge in [-0.05, 0) is 40.5 Å². The number of nitrogens with zero attached hydrogens (tertiary/aromatic N) is 1. The summed E-state index contributed by atoms with van der Waals surface area (Å²) in [5.74, 6) is 0. The molecule has 178 valence electrons. The van der Waals surface area contributed by atoms with Crippen LogP contribution in [0.2, 0.25) is 0 Å². The standard InChI is InChI=1S/C36H23NS/c1-2-10-24(11-3-1)25-20-22-26(23-21-25)27-13-8-16-31-30-15-9-14-29-28-12-4-5-17-32(28)37(35(29)30)33-18-6-7-19-34(33)38-36(27)31/h1-23H. The third-order valence-electron chi connectivity index (χ3n) is 7.62. The molecule has 0 N–H and O–H groups in total. The molecule has 2 heterocycles. The topological polar surface area (TPSA) is 4.41 Å². The SMILES string of the molecule is c1ccc(-c2ccc(-c3cccc4c3sc3ccccc3n3c5ccccc5c5cccc4c53)cc2)cc1. The molecule has 2 heteroatoms. The van der Waals surface area contributed by atoms with Crippen LogP contribution in [0.1, 0.15) is 0 Å². The molecule has 38 heavy (non-hydrogen) atoms. The fraction of sp³-hybridized carbons (Fsp3) is 0. The normalized spacial score (nSPS) is 11.7. The highest BCUT2D eigenvalue weighted by Gasteiger charge is 2.15. The van der Waals surface area contributed by atoms with Crippen molar-refractivity contribution in [2.45, 2.75) is 0 Å². The molecule has 0 spiro atoms. The number of hydrogen-bond acceptors (Lipinski definition) is 1. The Morgan fingerprint density at radius 2 is 0.974 bits per heavy atom. The van der Waals surface area contributed by atoms with Gasteiger partial charge in [-0.25, -0.2) is 0 Å². The summed E-state index contributed by atoms with van der Waals surface area (Å²) in [4.78, 5) is 0. The third-order valence-corrected chi connectivity index (χ3v) is 8.83. The molecule has 0 atom stereocenters. The summed E-state index contributed by atoms with van der Waals surface area (Å²) in [5, 5.41) is 5.14. The van der Waals surface area contributed by atoms with Crippen LogP contribution in [-0.4, -0.2) is 4.40 Å². The molecule has 1 nitrogen and oxygen atoms in total. The summed E-state index contributed by atoms with van der Waals surface area (Å²) in [6.07, 6.45) is 0. The zero-order chi connectivity index (χ0) is 25.1. The van der Waals surface area contributed by atoms with Crippen molar-refractivity contribution >= 4 is 58.8 Å². The highest BCUT2D eigenvalue weighted by molar-refractivity contribution is 7.24. The first kappa shape index (κ1) is 21.4. The van der Waals surface area contributed by atoms with Crippen LogP contribution in [0.5, 0.6) is 0 Å². The lowest BCUT2D eigenvalue weighted by molar-refractivity contribution is 1.36. The lowest BCUT2D eigenvalue weighted by Crippen LogP contribution is -1.88. The van der Waals surface area contributed by atoms with Crippen LogP contribution < -0.4 is 0 Å². The van der Waals surface area contributed by atoms with E-state index in [4.69, 9.17) is 0 Å². The van der Waals surface area contributed by atoms with Gasteiger partial charge >= 0.3 is 0 Å². The summed E-state index contributed by atoms with van der Waals surface area (Å²) in [6, 6.07) is 50.7. The highest BCUT2D eigenvalue weighted by atomic mass is 32.1. The summed E-state index contributed by atoms with van der Waals surface area (Å²) in [7, 11) is 0. The van der Waals surface area contributed by atoms with Crippen molar-refractivity contribution < 1.29 is 0 Å². The Kier molecular flexibility index (Phi) is 4.76. The Morgan fingerprint density at radius 3 is 1.82 bits per heavy atom. The molecule has 2 aromatic heterocycles. The molecular formula is C36H23NS. The van der Waals surface area contributed by atoms with Gasteiger partial charge in [-0.1, -0.05) is 121 Å². The highest BCUT2D eigenvalue weighted by Crippen LogP contribution is 2.41. The molecule has 6 aromatic carbocycles. The van der Waals surface area contributed by atoms with E-state index in [-0.39, 0.29) is 0 Å². The van der Waals surface area contributed by atoms with E-state index in [0.717, 1.165) is 0 Å². The van der Waals surface area contributed by atoms with Crippen molar-refractivity contribution in [1.82, 2.24) is 4.40 Å². The first-order chi connectivity index (χ1) is 18.9. The van der Waals surface area contributed by atoms with Crippen LogP contribution in [0, 0.1) is 0 Å². The van der Waals surface area contributed by atoms with Crippen LogP contribution in [0.25, 0.3) is 69.7 Å². The molecule has 0 saturated heterocycles. The number of fused-ring (bicyclic) bond motifs is 7. The second-order valence-electron chi connectivity index (χ2n) is 9.75. The lowest BCUT2D eigenvalue weighted by atomic mass is 9.98. The maximum atomic E-state index is 2.46. The van der Waals surface area contributed by atoms with E-state index in [1.54, 1.807) is 0 Å². The molecule has 0 amide bonds. The second kappa shape index (κ2) is 8.44. The van der Waals surface area contributed by atoms with Crippen LogP contribution >= 0.6 is 11.3 Å². The molecular weight excluding hydrogens is 478 g/mol. The van der Waals surface area contributed by atoms with Crippen molar-refractivity contribution in [3.05, 3.63) is 140 Å². The van der Waals surface area contributed by atoms with E-state index in [9.17, 15) is 0 Å². The van der Waals surface area contributed by atoms with Gasteiger partial charge in [-0.15, -0.1) is 11.3 Å². The van der Waals surface area contributed by atoms with E-state index >= 15 is 0 Å². The summed E-state index contributed by atoms with van der Waals surface area (Å²) >= 11 is 1.88. The van der Waals surface area contributed by atoms with Crippen molar-refractivity contribution in [2.24, 2.45) is 0 Å². The molecule has 0 aliphatic heterocycles. The van der Waals surface area contributed by atoms with Crippen molar-refractivity contribution in [1.29, 1.82) is 0 Å². The van der Waals surface area contributed by atoms with Gasteiger partial charge in [0, 0.05) is 26.2 Å². The van der Waals surface area contributed by atoms with Crippen molar-refractivity contribution in [3.63, 3.8) is 0 Å². The second-order valence-corrected chi connectivity index (χ2v) is 10.8. The van der Waals surface area contributed by atoms with Crippen LogP contribution in [0.3, 0.4) is 0 Å². The maximum absolute atomic E-state index is 2.46. The number of benzene rings is 6. The predicted molar refractivity (Wildman–Crippen MR) is 165 cm³/mol. The monoisotopic (exact) mass is 501 g/mol. The molecule has 0 aliphatic rings. The minimum absolute atomic E-state index is 1.23. The van der Waals surface area contributed by atoms with E-state index < -0.39 is 0 Å². The molecule has 8 aromatic rings. The van der Waals surface area contributed by atoms with Gasteiger partial charge in [-0.2, -0.15) is 0 Å². The molecule has 0 saturated carbocycles. The van der Waals surface area contributed by atoms with Crippen LogP contribution in [0.4, 0.5) is 0 Å². The van der Waals surface area contributed by atoms with Gasteiger partial charge in [0.05, 0.1) is 21.3 Å². The molecule has 0 unspecified atom stereocenters. The molecule has 8 rings (SSSR count). The molecule has 0 radical (unpaired) electrons. The first-order valence-electron chi connectivity index (χ1n) is 13.0. The third kappa shape index (κ3) is 3.17. The minimum Gasteiger partial charge on any atom is -0.307 e. The van der Waals surface area contributed by atoms with Crippen LogP contribution in [-0.2, 0) is 0 Å². The van der Waals surface area contributed by atoms with Gasteiger partial charge in [-0.3, -0.25) is 0 Å². The quantitative estimate of drug-likeness (QED) is 0.222. The average molecular weight is 502 g/mol. The largest absolute Gasteiger partial charge is 0.307 e. The number of hydrogen-bond donors (Lipinski definition) is 0. The Labute approximate surface area is 224 Å². The fourth-order valence-electron chi connectivity index (χ4n) is 5.88. The maximum Gasteiger partial charge on any atom is 0.0634 e. The fourth-order valence-corrected chi connectivity index (χ4v) is 7.10. The zero-order valence-corrected chi connectivity index (χ0v) is 21.5. The Morgan fingerprint density at radius 1 is 0.395 bits per heavy atom. The summed E-state index contributed by atoms with van der Waals surface area (Å²) in [6.45, 7) is 0. The van der Waals surface area contributed by atoms with E-state index in [1.165, 1.54) is 69.7 Å². The molecule has 0 fully saturated rings.